The third-order valence-corrected chi connectivity index (χ3v) is 6.15. The van der Waals surface area contributed by atoms with Crippen LogP contribution in [0.1, 0.15) is 63.3 Å². The average Bonchev–Trinajstić information content (AvgIpc) is 2.74. The summed E-state index contributed by atoms with van der Waals surface area (Å²) in [4.78, 5) is 21.6. The van der Waals surface area contributed by atoms with Crippen molar-refractivity contribution in [2.75, 3.05) is 25.0 Å². The summed E-state index contributed by atoms with van der Waals surface area (Å²) in [5.41, 5.74) is 3.44. The van der Waals surface area contributed by atoms with Crippen LogP contribution in [0.25, 0.3) is 0 Å². The molecule has 1 unspecified atom stereocenters. The van der Waals surface area contributed by atoms with Gasteiger partial charge in [0, 0.05) is 44.7 Å². The molecule has 1 N–H and O–H groups in total. The summed E-state index contributed by atoms with van der Waals surface area (Å²) in [6.45, 7) is 12.3. The van der Waals surface area contributed by atoms with Crippen molar-refractivity contribution in [1.29, 1.82) is 0 Å². The van der Waals surface area contributed by atoms with Gasteiger partial charge in [-0.2, -0.15) is 0 Å². The maximum Gasteiger partial charge on any atom is 0.410 e. The highest BCUT2D eigenvalue weighted by atomic mass is 16.6. The standard InChI is InChI=1S/C26H36N4O2/c1-19-16-29(17-20-8-6-5-7-9-20)18-21-10-11-23(28-24(19)21)27-22-12-14-30(15-13-22)25(31)32-26(2,3)4/h5-11,19,22H,12-18H2,1-4H3,(H,27,28). The predicted octanol–water partition coefficient (Wildman–Crippen LogP) is 5.01. The van der Waals surface area contributed by atoms with Gasteiger partial charge in [0.2, 0.25) is 0 Å². The number of likely N-dealkylation sites (tertiary alicyclic amines) is 1. The van der Waals surface area contributed by atoms with Crippen LogP contribution in [-0.4, -0.2) is 52.2 Å². The quantitative estimate of drug-likeness (QED) is 0.730. The number of anilines is 1. The van der Waals surface area contributed by atoms with E-state index in [-0.39, 0.29) is 6.09 Å². The molecule has 3 heterocycles. The molecule has 1 fully saturated rings. The number of hydrogen-bond acceptors (Lipinski definition) is 5. The van der Waals surface area contributed by atoms with Gasteiger partial charge in [0.1, 0.15) is 11.4 Å². The van der Waals surface area contributed by atoms with Crippen LogP contribution < -0.4 is 5.32 Å². The summed E-state index contributed by atoms with van der Waals surface area (Å²) in [6, 6.07) is 15.3. The molecule has 2 aromatic rings. The molecule has 6 nitrogen and oxygen atoms in total. The molecule has 4 rings (SSSR count). The number of piperidine rings is 1. The molecule has 0 radical (unpaired) electrons. The maximum absolute atomic E-state index is 12.3. The van der Waals surface area contributed by atoms with E-state index in [1.165, 1.54) is 16.8 Å². The Hall–Kier alpha value is -2.60. The Morgan fingerprint density at radius 2 is 1.84 bits per heavy atom. The van der Waals surface area contributed by atoms with E-state index in [0.29, 0.717) is 25.0 Å². The van der Waals surface area contributed by atoms with Gasteiger partial charge in [-0.15, -0.1) is 0 Å². The van der Waals surface area contributed by atoms with Gasteiger partial charge < -0.3 is 15.0 Å². The van der Waals surface area contributed by atoms with Crippen molar-refractivity contribution in [2.24, 2.45) is 0 Å². The number of ether oxygens (including phenoxy) is 1. The molecular formula is C26H36N4O2. The average molecular weight is 437 g/mol. The molecule has 0 saturated carbocycles. The zero-order valence-corrected chi connectivity index (χ0v) is 19.8. The third kappa shape index (κ3) is 5.80. The highest BCUT2D eigenvalue weighted by Gasteiger charge is 2.28. The maximum atomic E-state index is 12.3. The first-order valence-electron chi connectivity index (χ1n) is 11.8. The van der Waals surface area contributed by atoms with E-state index in [1.54, 1.807) is 0 Å². The van der Waals surface area contributed by atoms with E-state index in [1.807, 2.05) is 25.7 Å². The van der Waals surface area contributed by atoms with Crippen LogP contribution in [0.15, 0.2) is 42.5 Å². The Morgan fingerprint density at radius 3 is 2.53 bits per heavy atom. The van der Waals surface area contributed by atoms with Crippen LogP contribution in [0.3, 0.4) is 0 Å². The number of hydrogen-bond donors (Lipinski definition) is 1. The number of benzene rings is 1. The molecule has 1 saturated heterocycles. The molecule has 0 aliphatic carbocycles. The molecule has 32 heavy (non-hydrogen) atoms. The lowest BCUT2D eigenvalue weighted by molar-refractivity contribution is 0.0210. The summed E-state index contributed by atoms with van der Waals surface area (Å²) < 4.78 is 5.50. The number of nitrogens with one attached hydrogen (secondary N) is 1. The van der Waals surface area contributed by atoms with Crippen LogP contribution >= 0.6 is 0 Å². The van der Waals surface area contributed by atoms with Crippen LogP contribution in [0, 0.1) is 0 Å². The molecule has 1 aromatic heterocycles. The topological polar surface area (TPSA) is 57.7 Å². The van der Waals surface area contributed by atoms with Crippen molar-refractivity contribution in [3.8, 4) is 0 Å². The second-order valence-electron chi connectivity index (χ2n) is 10.2. The molecule has 1 atom stereocenters. The monoisotopic (exact) mass is 436 g/mol. The van der Waals surface area contributed by atoms with E-state index >= 15 is 0 Å². The number of fused-ring (bicyclic) bond motifs is 1. The minimum Gasteiger partial charge on any atom is -0.444 e. The summed E-state index contributed by atoms with van der Waals surface area (Å²) in [6.07, 6.45) is 1.59. The van der Waals surface area contributed by atoms with Gasteiger partial charge in [-0.25, -0.2) is 9.78 Å². The van der Waals surface area contributed by atoms with Gasteiger partial charge in [0.05, 0.1) is 5.69 Å². The van der Waals surface area contributed by atoms with Crippen molar-refractivity contribution in [3.05, 3.63) is 59.3 Å². The fraction of sp³-hybridized carbons (Fsp3) is 0.538. The van der Waals surface area contributed by atoms with E-state index in [4.69, 9.17) is 9.72 Å². The zero-order valence-electron chi connectivity index (χ0n) is 19.8. The predicted molar refractivity (Wildman–Crippen MR) is 128 cm³/mol. The van der Waals surface area contributed by atoms with Crippen molar-refractivity contribution in [3.63, 3.8) is 0 Å². The largest absolute Gasteiger partial charge is 0.444 e. The van der Waals surface area contributed by atoms with Gasteiger partial charge in [0.15, 0.2) is 0 Å². The lowest BCUT2D eigenvalue weighted by Crippen LogP contribution is -2.44. The minimum atomic E-state index is -0.452. The lowest BCUT2D eigenvalue weighted by Gasteiger charge is -2.35. The number of carbonyl (C=O) groups excluding carboxylic acids is 1. The van der Waals surface area contributed by atoms with Crippen LogP contribution in [0.4, 0.5) is 10.6 Å². The lowest BCUT2D eigenvalue weighted by atomic mass is 9.95. The second kappa shape index (κ2) is 9.49. The normalized spacial score (nSPS) is 20.0. The second-order valence-corrected chi connectivity index (χ2v) is 10.2. The van der Waals surface area contributed by atoms with Crippen LogP contribution in [0.5, 0.6) is 0 Å². The van der Waals surface area contributed by atoms with Crippen LogP contribution in [0.2, 0.25) is 0 Å². The molecule has 1 amide bonds. The third-order valence-electron chi connectivity index (χ3n) is 6.15. The molecule has 0 bridgehead atoms. The van der Waals surface area contributed by atoms with Crippen molar-refractivity contribution < 1.29 is 9.53 Å². The highest BCUT2D eigenvalue weighted by Crippen LogP contribution is 2.29. The minimum absolute atomic E-state index is 0.211. The zero-order chi connectivity index (χ0) is 22.7. The van der Waals surface area contributed by atoms with Gasteiger partial charge in [0.25, 0.3) is 0 Å². The van der Waals surface area contributed by atoms with E-state index < -0.39 is 5.60 Å². The summed E-state index contributed by atoms with van der Waals surface area (Å²) in [5, 5.41) is 3.61. The molecular weight excluding hydrogens is 400 g/mol. The van der Waals surface area contributed by atoms with Crippen molar-refractivity contribution >= 4 is 11.9 Å². The Morgan fingerprint density at radius 1 is 1.12 bits per heavy atom. The van der Waals surface area contributed by atoms with E-state index in [9.17, 15) is 4.79 Å². The molecule has 172 valence electrons. The Balaban J connectivity index is 1.32. The number of aromatic nitrogens is 1. The number of nitrogens with zero attached hydrogens (tertiary/aromatic N) is 3. The van der Waals surface area contributed by atoms with Gasteiger partial charge in [-0.1, -0.05) is 43.3 Å². The number of carbonyl (C=O) groups is 1. The summed E-state index contributed by atoms with van der Waals surface area (Å²) in [7, 11) is 0. The van der Waals surface area contributed by atoms with Crippen molar-refractivity contribution in [1.82, 2.24) is 14.8 Å². The summed E-state index contributed by atoms with van der Waals surface area (Å²) in [5.74, 6) is 1.35. The Kier molecular flexibility index (Phi) is 6.70. The first-order valence-corrected chi connectivity index (χ1v) is 11.8. The van der Waals surface area contributed by atoms with Gasteiger partial charge in [-0.05, 0) is 50.8 Å². The number of amides is 1. The van der Waals surface area contributed by atoms with Crippen molar-refractivity contribution in [2.45, 2.75) is 71.2 Å². The first-order chi connectivity index (χ1) is 15.3. The SMILES string of the molecule is CC1CN(Cc2ccccc2)Cc2ccc(NC3CCN(C(=O)OC(C)(C)C)CC3)nc21. The molecule has 2 aliphatic rings. The number of pyridine rings is 1. The van der Waals surface area contributed by atoms with Crippen LogP contribution in [-0.2, 0) is 17.8 Å². The van der Waals surface area contributed by atoms with Gasteiger partial charge >= 0.3 is 6.09 Å². The number of rotatable bonds is 4. The molecule has 0 spiro atoms. The fourth-order valence-corrected chi connectivity index (χ4v) is 4.63. The molecule has 6 heteroatoms. The van der Waals surface area contributed by atoms with Gasteiger partial charge in [-0.3, -0.25) is 4.90 Å². The van der Waals surface area contributed by atoms with E-state index in [2.05, 4.69) is 59.6 Å². The Labute approximate surface area is 192 Å². The highest BCUT2D eigenvalue weighted by molar-refractivity contribution is 5.68. The molecule has 1 aromatic carbocycles. The molecule has 2 aliphatic heterocycles. The Bertz CT molecular complexity index is 917. The summed E-state index contributed by atoms with van der Waals surface area (Å²) >= 11 is 0. The van der Waals surface area contributed by atoms with E-state index in [0.717, 1.165) is 38.3 Å². The fourth-order valence-electron chi connectivity index (χ4n) is 4.63. The smallest absolute Gasteiger partial charge is 0.410 e. The first kappa shape index (κ1) is 22.6.